The molecule has 0 atom stereocenters. The standard InChI is InChI=1S/C7H14O2.C3H6O3.C3H6O2/c1-3-4-5-6-9-7(2)8;1-5-3(4)6-2;1-2-5-3-4/h3-6H2,1-2H3;1-2H3;3H,2H2,1H3. The number of rotatable bonds is 6. The number of ether oxygens (including phenoxy) is 4. The van der Waals surface area contributed by atoms with E-state index in [0.29, 0.717) is 19.7 Å². The average molecular weight is 294 g/mol. The van der Waals surface area contributed by atoms with Crippen LogP contribution in [0.1, 0.15) is 40.0 Å². The Morgan fingerprint density at radius 2 is 1.60 bits per heavy atom. The molecule has 20 heavy (non-hydrogen) atoms. The van der Waals surface area contributed by atoms with Crippen molar-refractivity contribution in [1.82, 2.24) is 0 Å². The number of hydrogen-bond acceptors (Lipinski definition) is 7. The van der Waals surface area contributed by atoms with Crippen LogP contribution < -0.4 is 0 Å². The molecule has 0 aliphatic rings. The van der Waals surface area contributed by atoms with E-state index in [2.05, 4.69) is 21.1 Å². The predicted molar refractivity (Wildman–Crippen MR) is 73.3 cm³/mol. The fourth-order valence-corrected chi connectivity index (χ4v) is 0.719. The van der Waals surface area contributed by atoms with Gasteiger partial charge in [0.05, 0.1) is 27.4 Å². The zero-order chi connectivity index (χ0) is 16.2. The predicted octanol–water partition coefficient (Wildman–Crippen LogP) is 2.32. The highest BCUT2D eigenvalue weighted by molar-refractivity contribution is 5.65. The maximum absolute atomic E-state index is 10.2. The summed E-state index contributed by atoms with van der Waals surface area (Å²) in [6.45, 7) is 6.81. The summed E-state index contributed by atoms with van der Waals surface area (Å²) < 4.78 is 16.9. The van der Waals surface area contributed by atoms with Gasteiger partial charge in [-0.25, -0.2) is 4.79 Å². The van der Waals surface area contributed by atoms with E-state index >= 15 is 0 Å². The van der Waals surface area contributed by atoms with Crippen molar-refractivity contribution in [3.8, 4) is 0 Å². The van der Waals surface area contributed by atoms with Crippen LogP contribution in [0.25, 0.3) is 0 Å². The molecule has 0 saturated carbocycles. The van der Waals surface area contributed by atoms with E-state index in [1.807, 2.05) is 0 Å². The summed E-state index contributed by atoms with van der Waals surface area (Å²) in [5.74, 6) is -0.175. The second-order valence-electron chi connectivity index (χ2n) is 3.26. The quantitative estimate of drug-likeness (QED) is 0.321. The summed E-state index contributed by atoms with van der Waals surface area (Å²) in [4.78, 5) is 29.1. The molecular weight excluding hydrogens is 268 g/mol. The van der Waals surface area contributed by atoms with Crippen molar-refractivity contribution in [2.75, 3.05) is 27.4 Å². The molecule has 0 saturated heterocycles. The van der Waals surface area contributed by atoms with Gasteiger partial charge in [-0.2, -0.15) is 0 Å². The topological polar surface area (TPSA) is 88.1 Å². The first-order valence-corrected chi connectivity index (χ1v) is 6.30. The molecule has 7 nitrogen and oxygen atoms in total. The highest BCUT2D eigenvalue weighted by Gasteiger charge is 1.90. The van der Waals surface area contributed by atoms with E-state index in [0.717, 1.165) is 12.8 Å². The second kappa shape index (κ2) is 22.4. The summed E-state index contributed by atoms with van der Waals surface area (Å²) in [5, 5.41) is 0. The second-order valence-corrected chi connectivity index (χ2v) is 3.26. The van der Waals surface area contributed by atoms with Gasteiger partial charge in [-0.1, -0.05) is 19.8 Å². The first kappa shape index (κ1) is 23.3. The Kier molecular flexibility index (Phi) is 26.1. The van der Waals surface area contributed by atoms with E-state index in [1.54, 1.807) is 6.92 Å². The van der Waals surface area contributed by atoms with Crippen LogP contribution in [-0.2, 0) is 28.5 Å². The lowest BCUT2D eigenvalue weighted by molar-refractivity contribution is -0.141. The molecule has 0 unspecified atom stereocenters. The molecule has 0 aromatic carbocycles. The molecule has 0 amide bonds. The lowest BCUT2D eigenvalue weighted by Crippen LogP contribution is -1.99. The Morgan fingerprint density at radius 3 is 1.80 bits per heavy atom. The first-order valence-electron chi connectivity index (χ1n) is 6.30. The summed E-state index contributed by atoms with van der Waals surface area (Å²) in [6, 6.07) is 0. The fraction of sp³-hybridized carbons (Fsp3) is 0.769. The van der Waals surface area contributed by atoms with Crippen LogP contribution in [0.5, 0.6) is 0 Å². The lowest BCUT2D eigenvalue weighted by atomic mass is 10.3. The number of methoxy groups -OCH3 is 2. The molecule has 0 aliphatic heterocycles. The molecule has 0 spiro atoms. The maximum Gasteiger partial charge on any atom is 0.507 e. The van der Waals surface area contributed by atoms with Crippen molar-refractivity contribution >= 4 is 18.6 Å². The van der Waals surface area contributed by atoms with Crippen LogP contribution in [-0.4, -0.2) is 46.0 Å². The van der Waals surface area contributed by atoms with Gasteiger partial charge in [0.2, 0.25) is 0 Å². The van der Waals surface area contributed by atoms with Crippen LogP contribution in [0.2, 0.25) is 0 Å². The van der Waals surface area contributed by atoms with E-state index in [4.69, 9.17) is 4.74 Å². The molecule has 0 N–H and O–H groups in total. The van der Waals surface area contributed by atoms with Gasteiger partial charge < -0.3 is 18.9 Å². The minimum absolute atomic E-state index is 0.175. The van der Waals surface area contributed by atoms with Crippen molar-refractivity contribution in [2.45, 2.75) is 40.0 Å². The Labute approximate surface area is 120 Å². The SMILES string of the molecule is CCCCCOC(C)=O.CCOC=O.COC(=O)OC. The molecule has 0 aromatic rings. The van der Waals surface area contributed by atoms with Gasteiger partial charge in [-0.3, -0.25) is 9.59 Å². The van der Waals surface area contributed by atoms with E-state index in [9.17, 15) is 14.4 Å². The molecule has 0 heterocycles. The van der Waals surface area contributed by atoms with Crippen LogP contribution in [0.3, 0.4) is 0 Å². The number of esters is 1. The molecule has 0 radical (unpaired) electrons. The van der Waals surface area contributed by atoms with Crippen molar-refractivity contribution in [1.29, 1.82) is 0 Å². The summed E-state index contributed by atoms with van der Waals surface area (Å²) in [6.07, 6.45) is 2.65. The van der Waals surface area contributed by atoms with Gasteiger partial charge >= 0.3 is 12.1 Å². The highest BCUT2D eigenvalue weighted by Crippen LogP contribution is 1.93. The Hall–Kier alpha value is -1.79. The lowest BCUT2D eigenvalue weighted by Gasteiger charge is -1.98. The smallest absolute Gasteiger partial charge is 0.468 e. The third kappa shape index (κ3) is 36.0. The minimum atomic E-state index is -0.657. The van der Waals surface area contributed by atoms with Gasteiger partial charge in [0, 0.05) is 6.92 Å². The first-order chi connectivity index (χ1) is 9.49. The molecular formula is C13H26O7. The van der Waals surface area contributed by atoms with Gasteiger partial charge in [-0.15, -0.1) is 0 Å². The van der Waals surface area contributed by atoms with Crippen LogP contribution in [0.4, 0.5) is 4.79 Å². The van der Waals surface area contributed by atoms with Crippen molar-refractivity contribution in [3.05, 3.63) is 0 Å². The number of carbonyl (C=O) groups is 3. The minimum Gasteiger partial charge on any atom is -0.468 e. The van der Waals surface area contributed by atoms with Gasteiger partial charge in [0.25, 0.3) is 6.47 Å². The Balaban J connectivity index is -0.000000230. The third-order valence-corrected chi connectivity index (χ3v) is 1.62. The molecule has 120 valence electrons. The van der Waals surface area contributed by atoms with Gasteiger partial charge in [0.1, 0.15) is 0 Å². The molecule has 0 aliphatic carbocycles. The molecule has 0 bridgehead atoms. The van der Waals surface area contributed by atoms with E-state index in [-0.39, 0.29) is 5.97 Å². The van der Waals surface area contributed by atoms with E-state index in [1.165, 1.54) is 27.6 Å². The molecule has 0 aromatic heterocycles. The van der Waals surface area contributed by atoms with Crippen LogP contribution in [0, 0.1) is 0 Å². The summed E-state index contributed by atoms with van der Waals surface area (Å²) >= 11 is 0. The average Bonchev–Trinajstić information content (AvgIpc) is 2.45. The summed E-state index contributed by atoms with van der Waals surface area (Å²) in [5.41, 5.74) is 0. The van der Waals surface area contributed by atoms with Gasteiger partial charge in [0.15, 0.2) is 0 Å². The molecule has 7 heteroatoms. The third-order valence-electron chi connectivity index (χ3n) is 1.62. The highest BCUT2D eigenvalue weighted by atomic mass is 16.7. The van der Waals surface area contributed by atoms with Crippen LogP contribution in [0.15, 0.2) is 0 Å². The number of unbranched alkanes of at least 4 members (excludes halogenated alkanes) is 2. The molecule has 0 rings (SSSR count). The van der Waals surface area contributed by atoms with Crippen molar-refractivity contribution in [3.63, 3.8) is 0 Å². The Morgan fingerprint density at radius 1 is 1.05 bits per heavy atom. The zero-order valence-corrected chi connectivity index (χ0v) is 13.0. The van der Waals surface area contributed by atoms with Crippen molar-refractivity contribution < 1.29 is 33.3 Å². The van der Waals surface area contributed by atoms with Gasteiger partial charge in [-0.05, 0) is 13.3 Å². The zero-order valence-electron chi connectivity index (χ0n) is 13.0. The molecule has 0 fully saturated rings. The summed E-state index contributed by atoms with van der Waals surface area (Å²) in [7, 11) is 2.51. The fourth-order valence-electron chi connectivity index (χ4n) is 0.719. The number of hydrogen-bond donors (Lipinski definition) is 0. The normalized spacial score (nSPS) is 7.85. The maximum atomic E-state index is 10.2. The monoisotopic (exact) mass is 294 g/mol. The van der Waals surface area contributed by atoms with E-state index < -0.39 is 6.16 Å². The van der Waals surface area contributed by atoms with Crippen LogP contribution >= 0.6 is 0 Å². The van der Waals surface area contributed by atoms with Crippen molar-refractivity contribution in [2.24, 2.45) is 0 Å². The Bertz CT molecular complexity index is 223. The largest absolute Gasteiger partial charge is 0.507 e. The number of carbonyl (C=O) groups excluding carboxylic acids is 3.